The summed E-state index contributed by atoms with van der Waals surface area (Å²) in [7, 11) is 0. The van der Waals surface area contributed by atoms with Gasteiger partial charge in [-0.15, -0.1) is 0 Å². The fraction of sp³-hybridized carbons (Fsp3) is 0.400. The van der Waals surface area contributed by atoms with Crippen LogP contribution >= 0.6 is 0 Å². The number of rotatable bonds is 7. The summed E-state index contributed by atoms with van der Waals surface area (Å²) in [5.41, 5.74) is 3.09. The second-order valence-corrected chi connectivity index (χ2v) is 4.86. The Bertz CT molecular complexity index is 526. The van der Waals surface area contributed by atoms with Crippen LogP contribution in [-0.2, 0) is 6.54 Å². The Morgan fingerprint density at radius 1 is 1.35 bits per heavy atom. The number of hydrogen-bond acceptors (Lipinski definition) is 5. The first-order chi connectivity index (χ1) is 9.65. The van der Waals surface area contributed by atoms with Gasteiger partial charge in [0.1, 0.15) is 24.7 Å². The molecule has 0 radical (unpaired) electrons. The SMILES string of the molecule is Cc1ccc(OCC(O)CNCc2ccon2)c(C)c1. The van der Waals surface area contributed by atoms with Gasteiger partial charge in [0.15, 0.2) is 0 Å². The van der Waals surface area contributed by atoms with Gasteiger partial charge >= 0.3 is 0 Å². The molecule has 1 atom stereocenters. The molecule has 5 heteroatoms. The first kappa shape index (κ1) is 14.6. The predicted octanol–water partition coefficient (Wildman–Crippen LogP) is 1.82. The Morgan fingerprint density at radius 3 is 2.90 bits per heavy atom. The fourth-order valence-corrected chi connectivity index (χ4v) is 1.90. The monoisotopic (exact) mass is 276 g/mol. The van der Waals surface area contributed by atoms with E-state index in [9.17, 15) is 5.11 Å². The maximum absolute atomic E-state index is 9.85. The Labute approximate surface area is 118 Å². The standard InChI is InChI=1S/C15H20N2O3/c1-11-3-4-15(12(2)7-11)19-10-14(18)9-16-8-13-5-6-20-17-13/h3-7,14,16,18H,8-10H2,1-2H3. The molecule has 0 bridgehead atoms. The third kappa shape index (κ3) is 4.36. The molecule has 2 aromatic rings. The van der Waals surface area contributed by atoms with E-state index in [1.807, 2.05) is 26.0 Å². The van der Waals surface area contributed by atoms with Crippen molar-refractivity contribution in [3.05, 3.63) is 47.3 Å². The molecular weight excluding hydrogens is 256 g/mol. The Kier molecular flexibility index (Phi) is 5.15. The number of nitrogens with one attached hydrogen (secondary N) is 1. The lowest BCUT2D eigenvalue weighted by molar-refractivity contribution is 0.105. The lowest BCUT2D eigenvalue weighted by atomic mass is 10.1. The van der Waals surface area contributed by atoms with E-state index in [1.54, 1.807) is 6.07 Å². The van der Waals surface area contributed by atoms with Gasteiger partial charge in [-0.2, -0.15) is 0 Å². The van der Waals surface area contributed by atoms with E-state index in [1.165, 1.54) is 11.8 Å². The third-order valence-corrected chi connectivity index (χ3v) is 2.94. The minimum Gasteiger partial charge on any atom is -0.491 e. The van der Waals surface area contributed by atoms with Crippen molar-refractivity contribution >= 4 is 0 Å². The van der Waals surface area contributed by atoms with Crippen LogP contribution in [0.25, 0.3) is 0 Å². The second-order valence-electron chi connectivity index (χ2n) is 4.86. The molecule has 0 saturated heterocycles. The summed E-state index contributed by atoms with van der Waals surface area (Å²) in [6.45, 7) is 5.31. The summed E-state index contributed by atoms with van der Waals surface area (Å²) in [6, 6.07) is 7.77. The number of nitrogens with zero attached hydrogens (tertiary/aromatic N) is 1. The number of ether oxygens (including phenoxy) is 1. The van der Waals surface area contributed by atoms with Gasteiger partial charge in [-0.05, 0) is 25.5 Å². The van der Waals surface area contributed by atoms with Crippen molar-refractivity contribution < 1.29 is 14.4 Å². The summed E-state index contributed by atoms with van der Waals surface area (Å²) in [4.78, 5) is 0. The topological polar surface area (TPSA) is 67.5 Å². The number of aliphatic hydroxyl groups excluding tert-OH is 1. The van der Waals surface area contributed by atoms with Crippen molar-refractivity contribution in [1.29, 1.82) is 0 Å². The molecule has 2 rings (SSSR count). The lowest BCUT2D eigenvalue weighted by Crippen LogP contribution is -2.31. The number of aryl methyl sites for hydroxylation is 2. The highest BCUT2D eigenvalue weighted by Crippen LogP contribution is 2.18. The molecule has 5 nitrogen and oxygen atoms in total. The van der Waals surface area contributed by atoms with Crippen molar-refractivity contribution in [2.45, 2.75) is 26.5 Å². The Balaban J connectivity index is 1.70. The van der Waals surface area contributed by atoms with E-state index >= 15 is 0 Å². The fourth-order valence-electron chi connectivity index (χ4n) is 1.90. The summed E-state index contributed by atoms with van der Waals surface area (Å²) in [5, 5.41) is 16.7. The lowest BCUT2D eigenvalue weighted by Gasteiger charge is -2.14. The molecule has 1 aromatic carbocycles. The molecule has 0 aliphatic carbocycles. The van der Waals surface area contributed by atoms with E-state index < -0.39 is 6.10 Å². The summed E-state index contributed by atoms with van der Waals surface area (Å²) < 4.78 is 10.3. The molecule has 1 aromatic heterocycles. The van der Waals surface area contributed by atoms with Crippen LogP contribution < -0.4 is 10.1 Å². The van der Waals surface area contributed by atoms with Crippen molar-refractivity contribution in [2.24, 2.45) is 0 Å². The predicted molar refractivity (Wildman–Crippen MR) is 75.6 cm³/mol. The molecule has 2 N–H and O–H groups in total. The van der Waals surface area contributed by atoms with Crippen molar-refractivity contribution in [2.75, 3.05) is 13.2 Å². The number of benzene rings is 1. The van der Waals surface area contributed by atoms with Crippen LogP contribution in [-0.4, -0.2) is 29.5 Å². The van der Waals surface area contributed by atoms with Crippen molar-refractivity contribution in [3.8, 4) is 5.75 Å². The van der Waals surface area contributed by atoms with Gasteiger partial charge in [-0.3, -0.25) is 0 Å². The van der Waals surface area contributed by atoms with Gasteiger partial charge in [0, 0.05) is 19.2 Å². The summed E-state index contributed by atoms with van der Waals surface area (Å²) in [5.74, 6) is 0.811. The Morgan fingerprint density at radius 2 is 2.20 bits per heavy atom. The summed E-state index contributed by atoms with van der Waals surface area (Å²) >= 11 is 0. The maximum atomic E-state index is 9.85. The highest BCUT2D eigenvalue weighted by molar-refractivity contribution is 5.35. The number of aromatic nitrogens is 1. The molecule has 0 aliphatic rings. The average Bonchev–Trinajstić information content (AvgIpc) is 2.91. The molecule has 1 heterocycles. The highest BCUT2D eigenvalue weighted by Gasteiger charge is 2.07. The van der Waals surface area contributed by atoms with Crippen LogP contribution in [0.15, 0.2) is 35.1 Å². The molecule has 0 spiro atoms. The quantitative estimate of drug-likeness (QED) is 0.807. The van der Waals surface area contributed by atoms with Gasteiger partial charge in [-0.1, -0.05) is 22.9 Å². The number of hydrogen-bond donors (Lipinski definition) is 2. The van der Waals surface area contributed by atoms with Crippen LogP contribution in [0.5, 0.6) is 5.75 Å². The molecule has 20 heavy (non-hydrogen) atoms. The van der Waals surface area contributed by atoms with Crippen LogP contribution in [0.2, 0.25) is 0 Å². The summed E-state index contributed by atoms with van der Waals surface area (Å²) in [6.07, 6.45) is 0.957. The smallest absolute Gasteiger partial charge is 0.124 e. The zero-order chi connectivity index (χ0) is 14.4. The highest BCUT2D eigenvalue weighted by atomic mass is 16.5. The normalized spacial score (nSPS) is 12.3. The van der Waals surface area contributed by atoms with Crippen LogP contribution in [0, 0.1) is 13.8 Å². The van der Waals surface area contributed by atoms with Gasteiger partial charge in [0.2, 0.25) is 0 Å². The van der Waals surface area contributed by atoms with Crippen molar-refractivity contribution in [1.82, 2.24) is 10.5 Å². The molecule has 1 unspecified atom stereocenters. The molecule has 108 valence electrons. The number of aliphatic hydroxyl groups is 1. The zero-order valence-corrected chi connectivity index (χ0v) is 11.8. The molecule has 0 saturated carbocycles. The van der Waals surface area contributed by atoms with Crippen molar-refractivity contribution in [3.63, 3.8) is 0 Å². The average molecular weight is 276 g/mol. The van der Waals surface area contributed by atoms with E-state index in [-0.39, 0.29) is 6.61 Å². The van der Waals surface area contributed by atoms with Gasteiger partial charge in [-0.25, -0.2) is 0 Å². The second kappa shape index (κ2) is 7.07. The first-order valence-electron chi connectivity index (χ1n) is 6.63. The largest absolute Gasteiger partial charge is 0.491 e. The van der Waals surface area contributed by atoms with Gasteiger partial charge in [0.25, 0.3) is 0 Å². The zero-order valence-electron chi connectivity index (χ0n) is 11.8. The van der Waals surface area contributed by atoms with Crippen LogP contribution in [0.3, 0.4) is 0 Å². The van der Waals surface area contributed by atoms with E-state index in [0.717, 1.165) is 17.0 Å². The van der Waals surface area contributed by atoms with Gasteiger partial charge < -0.3 is 19.7 Å². The van der Waals surface area contributed by atoms with Crippen LogP contribution in [0.4, 0.5) is 0 Å². The van der Waals surface area contributed by atoms with Crippen LogP contribution in [0.1, 0.15) is 16.8 Å². The maximum Gasteiger partial charge on any atom is 0.124 e. The van der Waals surface area contributed by atoms with E-state index in [4.69, 9.17) is 9.26 Å². The third-order valence-electron chi connectivity index (χ3n) is 2.94. The first-order valence-corrected chi connectivity index (χ1v) is 6.63. The van der Waals surface area contributed by atoms with E-state index in [0.29, 0.717) is 13.1 Å². The van der Waals surface area contributed by atoms with E-state index in [2.05, 4.69) is 16.5 Å². The van der Waals surface area contributed by atoms with Gasteiger partial charge in [0.05, 0.1) is 5.69 Å². The minimum atomic E-state index is -0.567. The minimum absolute atomic E-state index is 0.260. The molecule has 0 amide bonds. The molecular formula is C15H20N2O3. The molecule has 0 fully saturated rings. The Hall–Kier alpha value is -1.85. The molecule has 0 aliphatic heterocycles.